The summed E-state index contributed by atoms with van der Waals surface area (Å²) in [6, 6.07) is 12.7. The Labute approximate surface area is 134 Å². The van der Waals surface area contributed by atoms with Crippen molar-refractivity contribution >= 4 is 17.5 Å². The van der Waals surface area contributed by atoms with E-state index in [1.165, 1.54) is 19.1 Å². The van der Waals surface area contributed by atoms with Crippen molar-refractivity contribution in [3.63, 3.8) is 0 Å². The number of hydrogen-bond acceptors (Lipinski definition) is 2. The van der Waals surface area contributed by atoms with Crippen LogP contribution in [0.4, 0.5) is 10.1 Å². The van der Waals surface area contributed by atoms with Crippen LogP contribution in [0.25, 0.3) is 0 Å². The zero-order valence-electron chi connectivity index (χ0n) is 13.3. The minimum atomic E-state index is -0.658. The van der Waals surface area contributed by atoms with Crippen LogP contribution in [-0.4, -0.2) is 11.8 Å². The molecule has 4 nitrogen and oxygen atoms in total. The van der Waals surface area contributed by atoms with Crippen LogP contribution in [0.15, 0.2) is 48.5 Å². The molecule has 0 aliphatic carbocycles. The Balaban J connectivity index is 2.17. The summed E-state index contributed by atoms with van der Waals surface area (Å²) in [7, 11) is 0. The van der Waals surface area contributed by atoms with Gasteiger partial charge in [-0.3, -0.25) is 9.59 Å². The molecule has 2 aromatic rings. The zero-order valence-corrected chi connectivity index (χ0v) is 13.3. The molecule has 0 heterocycles. The van der Waals surface area contributed by atoms with Crippen molar-refractivity contribution in [2.24, 2.45) is 0 Å². The maximum absolute atomic E-state index is 13.0. The number of carbonyl (C=O) groups is 2. The normalized spacial score (nSPS) is 11.0. The highest BCUT2D eigenvalue weighted by Gasteiger charge is 2.23. The first-order valence-electron chi connectivity index (χ1n) is 7.24. The van der Waals surface area contributed by atoms with E-state index in [2.05, 4.69) is 10.6 Å². The molecule has 0 unspecified atom stereocenters. The summed E-state index contributed by atoms with van der Waals surface area (Å²) >= 11 is 0. The molecule has 2 aromatic carbocycles. The lowest BCUT2D eigenvalue weighted by molar-refractivity contribution is -0.114. The minimum absolute atomic E-state index is 0.200. The third kappa shape index (κ3) is 4.39. The van der Waals surface area contributed by atoms with E-state index in [9.17, 15) is 14.0 Å². The molecule has 0 bridgehead atoms. The summed E-state index contributed by atoms with van der Waals surface area (Å²) in [4.78, 5) is 23.5. The van der Waals surface area contributed by atoms with Crippen LogP contribution in [0.3, 0.4) is 0 Å². The molecule has 23 heavy (non-hydrogen) atoms. The third-order valence-electron chi connectivity index (χ3n) is 3.44. The first-order valence-corrected chi connectivity index (χ1v) is 7.24. The second-order valence-electron chi connectivity index (χ2n) is 5.85. The van der Waals surface area contributed by atoms with E-state index in [1.807, 2.05) is 13.8 Å². The summed E-state index contributed by atoms with van der Waals surface area (Å²) in [5.41, 5.74) is 1.14. The van der Waals surface area contributed by atoms with Crippen molar-refractivity contribution in [1.82, 2.24) is 5.32 Å². The first kappa shape index (κ1) is 16.7. The molecule has 2 amide bonds. The summed E-state index contributed by atoms with van der Waals surface area (Å²) in [6.07, 6.45) is 0. The molecule has 0 fully saturated rings. The first-order chi connectivity index (χ1) is 10.8. The summed E-state index contributed by atoms with van der Waals surface area (Å²) in [6.45, 7) is 5.09. The molecule has 2 rings (SSSR count). The number of carbonyl (C=O) groups excluding carboxylic acids is 2. The fourth-order valence-corrected chi connectivity index (χ4v) is 2.24. The second kappa shape index (κ2) is 6.60. The summed E-state index contributed by atoms with van der Waals surface area (Å²) < 4.78 is 13.0. The van der Waals surface area contributed by atoms with Crippen LogP contribution in [0.1, 0.15) is 36.7 Å². The van der Waals surface area contributed by atoms with Crippen LogP contribution in [0, 0.1) is 5.82 Å². The molecule has 120 valence electrons. The molecule has 0 radical (unpaired) electrons. The van der Waals surface area contributed by atoms with Gasteiger partial charge in [0, 0.05) is 18.2 Å². The highest BCUT2D eigenvalue weighted by atomic mass is 19.1. The Morgan fingerprint density at radius 1 is 1.04 bits per heavy atom. The van der Waals surface area contributed by atoms with Crippen molar-refractivity contribution in [2.45, 2.75) is 26.3 Å². The standard InChI is InChI=1S/C18H19FN2O2/c1-12(22)20-16-6-4-5-13(11-16)17(23)21-18(2,3)14-7-9-15(19)10-8-14/h4-11H,1-3H3,(H,20,22)(H,21,23). The molecule has 0 atom stereocenters. The zero-order chi connectivity index (χ0) is 17.0. The lowest BCUT2D eigenvalue weighted by Gasteiger charge is -2.27. The molecular weight excluding hydrogens is 295 g/mol. The van der Waals surface area contributed by atoms with Gasteiger partial charge in [-0.05, 0) is 49.7 Å². The third-order valence-corrected chi connectivity index (χ3v) is 3.44. The van der Waals surface area contributed by atoms with E-state index in [0.717, 1.165) is 5.56 Å². The molecule has 2 N–H and O–H groups in total. The van der Waals surface area contributed by atoms with Gasteiger partial charge in [0.2, 0.25) is 5.91 Å². The monoisotopic (exact) mass is 314 g/mol. The topological polar surface area (TPSA) is 58.2 Å². The number of amides is 2. The van der Waals surface area contributed by atoms with Crippen LogP contribution in [-0.2, 0) is 10.3 Å². The highest BCUT2D eigenvalue weighted by Crippen LogP contribution is 2.21. The second-order valence-corrected chi connectivity index (χ2v) is 5.85. The van der Waals surface area contributed by atoms with Gasteiger partial charge in [-0.15, -0.1) is 0 Å². The SMILES string of the molecule is CC(=O)Nc1cccc(C(=O)NC(C)(C)c2ccc(F)cc2)c1. The van der Waals surface area contributed by atoms with Gasteiger partial charge < -0.3 is 10.6 Å². The maximum atomic E-state index is 13.0. The van der Waals surface area contributed by atoms with Gasteiger partial charge >= 0.3 is 0 Å². The Kier molecular flexibility index (Phi) is 4.79. The summed E-state index contributed by atoms with van der Waals surface area (Å²) in [5, 5.41) is 5.55. The van der Waals surface area contributed by atoms with Crippen LogP contribution >= 0.6 is 0 Å². The van der Waals surface area contributed by atoms with E-state index in [1.54, 1.807) is 36.4 Å². The predicted octanol–water partition coefficient (Wildman–Crippen LogP) is 3.45. The Morgan fingerprint density at radius 2 is 1.70 bits per heavy atom. The van der Waals surface area contributed by atoms with Gasteiger partial charge in [0.1, 0.15) is 5.82 Å². The lowest BCUT2D eigenvalue weighted by Crippen LogP contribution is -2.41. The number of rotatable bonds is 4. The van der Waals surface area contributed by atoms with Crippen molar-refractivity contribution in [2.75, 3.05) is 5.32 Å². The smallest absolute Gasteiger partial charge is 0.252 e. The molecule has 0 aliphatic rings. The minimum Gasteiger partial charge on any atom is -0.343 e. The van der Waals surface area contributed by atoms with Gasteiger partial charge in [0.05, 0.1) is 5.54 Å². The maximum Gasteiger partial charge on any atom is 0.252 e. The summed E-state index contributed by atoms with van der Waals surface area (Å²) in [5.74, 6) is -0.792. The molecule has 0 aliphatic heterocycles. The van der Waals surface area contributed by atoms with E-state index in [0.29, 0.717) is 11.3 Å². The fraction of sp³-hybridized carbons (Fsp3) is 0.222. The average molecular weight is 314 g/mol. The van der Waals surface area contributed by atoms with E-state index < -0.39 is 5.54 Å². The van der Waals surface area contributed by atoms with Crippen molar-refractivity contribution < 1.29 is 14.0 Å². The predicted molar refractivity (Wildman–Crippen MR) is 87.6 cm³/mol. The Bertz CT molecular complexity index is 724. The van der Waals surface area contributed by atoms with Crippen LogP contribution in [0.5, 0.6) is 0 Å². The Hall–Kier alpha value is -2.69. The lowest BCUT2D eigenvalue weighted by atomic mass is 9.94. The fourth-order valence-electron chi connectivity index (χ4n) is 2.24. The largest absolute Gasteiger partial charge is 0.343 e. The molecule has 0 saturated heterocycles. The highest BCUT2D eigenvalue weighted by molar-refractivity contribution is 5.97. The molecular formula is C18H19FN2O2. The molecule has 0 saturated carbocycles. The number of halogens is 1. The van der Waals surface area contributed by atoms with Crippen molar-refractivity contribution in [1.29, 1.82) is 0 Å². The van der Waals surface area contributed by atoms with Crippen molar-refractivity contribution in [3.05, 3.63) is 65.5 Å². The van der Waals surface area contributed by atoms with Crippen molar-refractivity contribution in [3.8, 4) is 0 Å². The van der Waals surface area contributed by atoms with E-state index in [4.69, 9.17) is 0 Å². The number of hydrogen-bond donors (Lipinski definition) is 2. The average Bonchev–Trinajstić information content (AvgIpc) is 2.47. The molecule has 0 spiro atoms. The van der Waals surface area contributed by atoms with Gasteiger partial charge in [0.15, 0.2) is 0 Å². The van der Waals surface area contributed by atoms with Gasteiger partial charge in [-0.1, -0.05) is 18.2 Å². The Morgan fingerprint density at radius 3 is 2.30 bits per heavy atom. The van der Waals surface area contributed by atoms with E-state index >= 15 is 0 Å². The van der Waals surface area contributed by atoms with Crippen LogP contribution < -0.4 is 10.6 Å². The van der Waals surface area contributed by atoms with Crippen LogP contribution in [0.2, 0.25) is 0 Å². The number of benzene rings is 2. The van der Waals surface area contributed by atoms with E-state index in [-0.39, 0.29) is 17.6 Å². The number of anilines is 1. The number of nitrogens with one attached hydrogen (secondary N) is 2. The quantitative estimate of drug-likeness (QED) is 0.908. The molecule has 0 aromatic heterocycles. The molecule has 5 heteroatoms. The van der Waals surface area contributed by atoms with Gasteiger partial charge in [-0.25, -0.2) is 4.39 Å². The van der Waals surface area contributed by atoms with Gasteiger partial charge in [-0.2, -0.15) is 0 Å². The van der Waals surface area contributed by atoms with Gasteiger partial charge in [0.25, 0.3) is 5.91 Å².